The lowest BCUT2D eigenvalue weighted by molar-refractivity contribution is -0.204. The SMILES string of the molecule is CC(C)(C)[Si](C)(C)OC(Oc1cccnc1)(C(=O)OCc1ccccc1)[C@@H]1CCCN1. The summed E-state index contributed by atoms with van der Waals surface area (Å²) in [7, 11) is -2.42. The third-order valence-electron chi connectivity index (χ3n) is 6.13. The number of benzene rings is 1. The van der Waals surface area contributed by atoms with Gasteiger partial charge in [0.25, 0.3) is 0 Å². The van der Waals surface area contributed by atoms with E-state index < -0.39 is 20.1 Å². The fourth-order valence-electron chi connectivity index (χ4n) is 3.34. The molecule has 0 saturated carbocycles. The third kappa shape index (κ3) is 5.53. The van der Waals surface area contributed by atoms with E-state index in [1.54, 1.807) is 24.5 Å². The normalized spacial score (nSPS) is 18.9. The molecular formula is C24H34N2O4Si. The summed E-state index contributed by atoms with van der Waals surface area (Å²) in [5, 5.41) is 3.31. The zero-order valence-corrected chi connectivity index (χ0v) is 20.2. The van der Waals surface area contributed by atoms with Crippen LogP contribution >= 0.6 is 0 Å². The lowest BCUT2D eigenvalue weighted by Crippen LogP contribution is -2.65. The van der Waals surface area contributed by atoms with Gasteiger partial charge in [-0.15, -0.1) is 0 Å². The lowest BCUT2D eigenvalue weighted by Gasteiger charge is -2.45. The monoisotopic (exact) mass is 442 g/mol. The Hall–Kier alpha value is -2.22. The first-order valence-electron chi connectivity index (χ1n) is 10.9. The predicted octanol–water partition coefficient (Wildman–Crippen LogP) is 4.67. The zero-order chi connectivity index (χ0) is 22.5. The van der Waals surface area contributed by atoms with Crippen molar-refractivity contribution < 1.29 is 18.7 Å². The smallest absolute Gasteiger partial charge is 0.380 e. The summed E-state index contributed by atoms with van der Waals surface area (Å²) in [5.41, 5.74) is 0.915. The average molecular weight is 443 g/mol. The van der Waals surface area contributed by atoms with Gasteiger partial charge in [0.15, 0.2) is 8.32 Å². The Morgan fingerprint density at radius 2 is 1.90 bits per heavy atom. The number of rotatable bonds is 8. The van der Waals surface area contributed by atoms with Crippen LogP contribution < -0.4 is 10.1 Å². The molecule has 0 aliphatic carbocycles. The van der Waals surface area contributed by atoms with Crippen molar-refractivity contribution in [2.75, 3.05) is 6.54 Å². The van der Waals surface area contributed by atoms with Crippen LogP contribution in [0.5, 0.6) is 5.75 Å². The largest absolute Gasteiger partial charge is 0.456 e. The van der Waals surface area contributed by atoms with Crippen molar-refractivity contribution in [3.05, 3.63) is 60.4 Å². The summed E-state index contributed by atoms with van der Waals surface area (Å²) in [6.07, 6.45) is 4.97. The van der Waals surface area contributed by atoms with Crippen molar-refractivity contribution in [3.63, 3.8) is 0 Å². The van der Waals surface area contributed by atoms with E-state index in [4.69, 9.17) is 13.9 Å². The highest BCUT2D eigenvalue weighted by atomic mass is 28.4. The van der Waals surface area contributed by atoms with Gasteiger partial charge in [0.05, 0.1) is 12.2 Å². The fraction of sp³-hybridized carbons (Fsp3) is 0.500. The molecule has 2 aromatic rings. The number of esters is 1. The molecule has 1 unspecified atom stereocenters. The number of nitrogens with one attached hydrogen (secondary N) is 1. The molecule has 3 rings (SSSR count). The van der Waals surface area contributed by atoms with Crippen molar-refractivity contribution in [3.8, 4) is 5.75 Å². The summed E-state index contributed by atoms with van der Waals surface area (Å²) in [6, 6.07) is 12.9. The van der Waals surface area contributed by atoms with Crippen LogP contribution in [0.3, 0.4) is 0 Å². The Labute approximate surface area is 186 Å². The van der Waals surface area contributed by atoms with Crippen LogP contribution in [-0.4, -0.2) is 37.6 Å². The number of pyridine rings is 1. The fourth-order valence-corrected chi connectivity index (χ4v) is 4.67. The van der Waals surface area contributed by atoms with Crippen molar-refractivity contribution >= 4 is 14.3 Å². The second-order valence-corrected chi connectivity index (χ2v) is 14.3. The molecule has 168 valence electrons. The van der Waals surface area contributed by atoms with Gasteiger partial charge < -0.3 is 19.2 Å². The molecule has 2 heterocycles. The molecule has 1 aromatic carbocycles. The number of ether oxygens (including phenoxy) is 2. The maximum atomic E-state index is 13.7. The number of hydrogen-bond donors (Lipinski definition) is 1. The van der Waals surface area contributed by atoms with Crippen molar-refractivity contribution in [1.82, 2.24) is 10.3 Å². The summed E-state index contributed by atoms with van der Waals surface area (Å²) in [5.74, 6) is -1.62. The molecule has 1 aliphatic rings. The predicted molar refractivity (Wildman–Crippen MR) is 123 cm³/mol. The van der Waals surface area contributed by atoms with Crippen molar-refractivity contribution in [2.24, 2.45) is 0 Å². The van der Waals surface area contributed by atoms with E-state index in [0.717, 1.165) is 24.9 Å². The molecular weight excluding hydrogens is 408 g/mol. The van der Waals surface area contributed by atoms with E-state index in [2.05, 4.69) is 44.2 Å². The van der Waals surface area contributed by atoms with Gasteiger partial charge in [0, 0.05) is 6.20 Å². The van der Waals surface area contributed by atoms with E-state index in [9.17, 15) is 4.79 Å². The molecule has 0 amide bonds. The molecule has 6 nitrogen and oxygen atoms in total. The quantitative estimate of drug-likeness (QED) is 0.364. The lowest BCUT2D eigenvalue weighted by atomic mass is 10.1. The molecule has 1 aliphatic heterocycles. The Morgan fingerprint density at radius 1 is 1.16 bits per heavy atom. The third-order valence-corrected chi connectivity index (χ3v) is 10.6. The molecule has 31 heavy (non-hydrogen) atoms. The molecule has 2 atom stereocenters. The molecule has 7 heteroatoms. The minimum atomic E-state index is -2.42. The zero-order valence-electron chi connectivity index (χ0n) is 19.2. The van der Waals surface area contributed by atoms with Gasteiger partial charge in [-0.2, -0.15) is 0 Å². The topological polar surface area (TPSA) is 69.7 Å². The second kappa shape index (κ2) is 9.50. The molecule has 1 fully saturated rings. The standard InChI is InChI=1S/C24H34N2O4Si/c1-23(2,3)31(4,5)30-24(21-14-10-16-26-21,29-20-13-9-15-25-17-20)22(27)28-18-19-11-7-6-8-12-19/h6-9,11-13,15,17,21,26H,10,14,16,18H2,1-5H3/t21-,24?/m0/s1. The summed E-state index contributed by atoms with van der Waals surface area (Å²) >= 11 is 0. The van der Waals surface area contributed by atoms with Crippen LogP contribution in [0.1, 0.15) is 39.2 Å². The molecule has 0 spiro atoms. The number of hydrogen-bond acceptors (Lipinski definition) is 6. The highest BCUT2D eigenvalue weighted by Gasteiger charge is 2.57. The van der Waals surface area contributed by atoms with Gasteiger partial charge in [-0.3, -0.25) is 4.98 Å². The maximum Gasteiger partial charge on any atom is 0.380 e. The van der Waals surface area contributed by atoms with E-state index in [-0.39, 0.29) is 17.7 Å². The molecule has 0 radical (unpaired) electrons. The Kier molecular flexibility index (Phi) is 7.19. The summed E-state index contributed by atoms with van der Waals surface area (Å²) < 4.78 is 19.0. The van der Waals surface area contributed by atoms with E-state index in [1.165, 1.54) is 0 Å². The number of aromatic nitrogens is 1. The van der Waals surface area contributed by atoms with Crippen LogP contribution in [0, 0.1) is 0 Å². The van der Waals surface area contributed by atoms with Crippen molar-refractivity contribution in [1.29, 1.82) is 0 Å². The highest BCUT2D eigenvalue weighted by Crippen LogP contribution is 2.42. The molecule has 1 saturated heterocycles. The number of nitrogens with zero attached hydrogens (tertiary/aromatic N) is 1. The van der Waals surface area contributed by atoms with Crippen LogP contribution in [0.25, 0.3) is 0 Å². The minimum Gasteiger partial charge on any atom is -0.456 e. The van der Waals surface area contributed by atoms with Crippen LogP contribution in [-0.2, 0) is 20.6 Å². The van der Waals surface area contributed by atoms with E-state index >= 15 is 0 Å². The summed E-state index contributed by atoms with van der Waals surface area (Å²) in [4.78, 5) is 17.9. The van der Waals surface area contributed by atoms with Gasteiger partial charge in [-0.25, -0.2) is 4.79 Å². The maximum absolute atomic E-state index is 13.7. The Balaban J connectivity index is 1.98. The second-order valence-electron chi connectivity index (χ2n) is 9.53. The van der Waals surface area contributed by atoms with E-state index in [1.807, 2.05) is 30.3 Å². The number of carbonyl (C=O) groups is 1. The average Bonchev–Trinajstić information content (AvgIpc) is 3.27. The molecule has 1 aromatic heterocycles. The van der Waals surface area contributed by atoms with Gasteiger partial charge >= 0.3 is 11.8 Å². The molecule has 1 N–H and O–H groups in total. The van der Waals surface area contributed by atoms with E-state index in [0.29, 0.717) is 5.75 Å². The van der Waals surface area contributed by atoms with Gasteiger partial charge in [0.1, 0.15) is 12.4 Å². The number of carbonyl (C=O) groups excluding carboxylic acids is 1. The van der Waals surface area contributed by atoms with Crippen LogP contribution in [0.15, 0.2) is 54.9 Å². The first kappa shape index (κ1) is 23.4. The Morgan fingerprint density at radius 3 is 2.48 bits per heavy atom. The summed E-state index contributed by atoms with van der Waals surface area (Å²) in [6.45, 7) is 11.6. The van der Waals surface area contributed by atoms with Crippen molar-refractivity contribution in [2.45, 2.75) is 70.2 Å². The minimum absolute atomic E-state index is 0.116. The van der Waals surface area contributed by atoms with Gasteiger partial charge in [-0.1, -0.05) is 51.1 Å². The first-order valence-corrected chi connectivity index (χ1v) is 13.8. The molecule has 0 bridgehead atoms. The van der Waals surface area contributed by atoms with Crippen LogP contribution in [0.2, 0.25) is 18.1 Å². The highest BCUT2D eigenvalue weighted by molar-refractivity contribution is 6.74. The van der Waals surface area contributed by atoms with Crippen LogP contribution in [0.4, 0.5) is 0 Å². The van der Waals surface area contributed by atoms with Gasteiger partial charge in [-0.05, 0) is 55.2 Å². The Bertz CT molecular complexity index is 849. The first-order chi connectivity index (χ1) is 14.6. The van der Waals surface area contributed by atoms with Gasteiger partial charge in [0.2, 0.25) is 0 Å².